The van der Waals surface area contributed by atoms with Crippen molar-refractivity contribution < 1.29 is 0 Å². The summed E-state index contributed by atoms with van der Waals surface area (Å²) in [4.78, 5) is 0. The number of rotatable bonds is 6. The molecule has 0 heteroatoms. The molecule has 0 radical (unpaired) electrons. The minimum absolute atomic E-state index is 0.801. The van der Waals surface area contributed by atoms with Gasteiger partial charge in [-0.25, -0.2) is 0 Å². The normalized spacial score (nSPS) is 11.5. The van der Waals surface area contributed by atoms with Gasteiger partial charge in [-0.15, -0.1) is 0 Å². The molecular weight excluding hydrogens is 204 g/mol. The molecule has 0 aliphatic rings. The molecule has 0 aromatic heterocycles. The fourth-order valence-corrected chi connectivity index (χ4v) is 2.15. The average Bonchev–Trinajstić information content (AvgIpc) is 2.23. The largest absolute Gasteiger partial charge is 0.0628 e. The minimum atomic E-state index is 0.801. The molecule has 17 heavy (non-hydrogen) atoms. The molecule has 0 bridgehead atoms. The van der Waals surface area contributed by atoms with Crippen LogP contribution >= 0.6 is 0 Å². The molecule has 0 amide bonds. The third-order valence-corrected chi connectivity index (χ3v) is 3.22. The molecule has 0 saturated heterocycles. The predicted molar refractivity (Wildman–Crippen MR) is 77.5 cm³/mol. The SMILES string of the molecule is Cc1cc(CCC(C)C)cc(CCC(C)C)c1. The van der Waals surface area contributed by atoms with Gasteiger partial charge in [0.1, 0.15) is 0 Å². The second kappa shape index (κ2) is 6.83. The highest BCUT2D eigenvalue weighted by Gasteiger charge is 2.02. The Morgan fingerprint density at radius 1 is 0.765 bits per heavy atom. The Labute approximate surface area is 107 Å². The first-order valence-electron chi connectivity index (χ1n) is 7.07. The van der Waals surface area contributed by atoms with Crippen LogP contribution in [-0.2, 0) is 12.8 Å². The lowest BCUT2D eigenvalue weighted by Crippen LogP contribution is -1.97. The Hall–Kier alpha value is -0.780. The van der Waals surface area contributed by atoms with Crippen molar-refractivity contribution in [2.75, 3.05) is 0 Å². The fourth-order valence-electron chi connectivity index (χ4n) is 2.15. The van der Waals surface area contributed by atoms with Crippen molar-refractivity contribution >= 4 is 0 Å². The predicted octanol–water partition coefficient (Wildman–Crippen LogP) is 5.17. The Morgan fingerprint density at radius 2 is 1.18 bits per heavy atom. The van der Waals surface area contributed by atoms with Gasteiger partial charge in [-0.1, -0.05) is 51.5 Å². The smallest absolute Gasteiger partial charge is 0.0276 e. The minimum Gasteiger partial charge on any atom is -0.0628 e. The first-order chi connectivity index (χ1) is 7.97. The summed E-state index contributed by atoms with van der Waals surface area (Å²) in [7, 11) is 0. The van der Waals surface area contributed by atoms with E-state index in [9.17, 15) is 0 Å². The van der Waals surface area contributed by atoms with E-state index < -0.39 is 0 Å². The van der Waals surface area contributed by atoms with E-state index in [0.29, 0.717) is 0 Å². The van der Waals surface area contributed by atoms with Crippen molar-refractivity contribution in [2.24, 2.45) is 11.8 Å². The van der Waals surface area contributed by atoms with Gasteiger partial charge >= 0.3 is 0 Å². The van der Waals surface area contributed by atoms with Gasteiger partial charge in [0.15, 0.2) is 0 Å². The van der Waals surface area contributed by atoms with E-state index in [0.717, 1.165) is 11.8 Å². The molecule has 1 aromatic rings. The third kappa shape index (κ3) is 5.91. The second-order valence-electron chi connectivity index (χ2n) is 6.19. The summed E-state index contributed by atoms with van der Waals surface area (Å²) in [5.41, 5.74) is 4.47. The first-order valence-corrected chi connectivity index (χ1v) is 7.07. The van der Waals surface area contributed by atoms with Gasteiger partial charge in [0.05, 0.1) is 0 Å². The molecule has 96 valence electrons. The summed E-state index contributed by atoms with van der Waals surface area (Å²) < 4.78 is 0. The van der Waals surface area contributed by atoms with Crippen molar-refractivity contribution in [3.63, 3.8) is 0 Å². The van der Waals surface area contributed by atoms with Gasteiger partial charge in [-0.2, -0.15) is 0 Å². The molecule has 0 fully saturated rings. The summed E-state index contributed by atoms with van der Waals surface area (Å²) in [5, 5.41) is 0. The van der Waals surface area contributed by atoms with E-state index in [1.165, 1.54) is 42.4 Å². The van der Waals surface area contributed by atoms with E-state index in [4.69, 9.17) is 0 Å². The van der Waals surface area contributed by atoms with E-state index >= 15 is 0 Å². The van der Waals surface area contributed by atoms with Crippen LogP contribution in [0.4, 0.5) is 0 Å². The number of benzene rings is 1. The lowest BCUT2D eigenvalue weighted by molar-refractivity contribution is 0.581. The van der Waals surface area contributed by atoms with E-state index in [2.05, 4.69) is 52.8 Å². The van der Waals surface area contributed by atoms with Crippen LogP contribution in [-0.4, -0.2) is 0 Å². The molecule has 0 nitrogen and oxygen atoms in total. The van der Waals surface area contributed by atoms with Crippen LogP contribution < -0.4 is 0 Å². The Balaban J connectivity index is 2.65. The van der Waals surface area contributed by atoms with Gasteiger partial charge < -0.3 is 0 Å². The first kappa shape index (κ1) is 14.3. The maximum atomic E-state index is 2.41. The second-order valence-corrected chi connectivity index (χ2v) is 6.19. The zero-order valence-electron chi connectivity index (χ0n) is 12.2. The van der Waals surface area contributed by atoms with Crippen LogP contribution in [0.3, 0.4) is 0 Å². The van der Waals surface area contributed by atoms with Crippen molar-refractivity contribution in [3.05, 3.63) is 34.9 Å². The molecule has 0 aliphatic heterocycles. The lowest BCUT2D eigenvalue weighted by Gasteiger charge is -2.10. The van der Waals surface area contributed by atoms with Crippen molar-refractivity contribution in [2.45, 2.75) is 60.3 Å². The summed E-state index contributed by atoms with van der Waals surface area (Å²) in [5.74, 6) is 1.60. The number of hydrogen-bond acceptors (Lipinski definition) is 0. The van der Waals surface area contributed by atoms with Gasteiger partial charge in [-0.05, 0) is 55.6 Å². The van der Waals surface area contributed by atoms with Gasteiger partial charge in [0.25, 0.3) is 0 Å². The summed E-state index contributed by atoms with van der Waals surface area (Å²) in [6.07, 6.45) is 5.06. The van der Waals surface area contributed by atoms with E-state index in [1.54, 1.807) is 0 Å². The molecule has 0 aliphatic carbocycles. The average molecular weight is 232 g/mol. The standard InChI is InChI=1S/C17H28/c1-13(2)6-8-16-10-15(5)11-17(12-16)9-7-14(3)4/h10-14H,6-9H2,1-5H3. The maximum Gasteiger partial charge on any atom is -0.0276 e. The molecule has 1 aromatic carbocycles. The quantitative estimate of drug-likeness (QED) is 0.634. The van der Waals surface area contributed by atoms with Crippen LogP contribution in [0.15, 0.2) is 18.2 Å². The lowest BCUT2D eigenvalue weighted by atomic mass is 9.96. The van der Waals surface area contributed by atoms with Crippen LogP contribution in [0.25, 0.3) is 0 Å². The van der Waals surface area contributed by atoms with Crippen molar-refractivity contribution in [1.29, 1.82) is 0 Å². The molecule has 0 unspecified atom stereocenters. The molecule has 1 rings (SSSR count). The van der Waals surface area contributed by atoms with Crippen LogP contribution in [0.1, 0.15) is 57.2 Å². The maximum absolute atomic E-state index is 2.41. The van der Waals surface area contributed by atoms with Crippen LogP contribution in [0.2, 0.25) is 0 Å². The molecule has 0 heterocycles. The molecule has 0 N–H and O–H groups in total. The van der Waals surface area contributed by atoms with Gasteiger partial charge in [-0.3, -0.25) is 0 Å². The molecule has 0 atom stereocenters. The third-order valence-electron chi connectivity index (χ3n) is 3.22. The molecular formula is C17H28. The highest BCUT2D eigenvalue weighted by Crippen LogP contribution is 2.16. The Morgan fingerprint density at radius 3 is 1.53 bits per heavy atom. The number of hydrogen-bond donors (Lipinski definition) is 0. The van der Waals surface area contributed by atoms with Crippen molar-refractivity contribution in [1.82, 2.24) is 0 Å². The highest BCUT2D eigenvalue weighted by molar-refractivity contribution is 5.29. The van der Waals surface area contributed by atoms with Crippen molar-refractivity contribution in [3.8, 4) is 0 Å². The molecule has 0 spiro atoms. The summed E-state index contributed by atoms with van der Waals surface area (Å²) in [6.45, 7) is 11.4. The summed E-state index contributed by atoms with van der Waals surface area (Å²) in [6, 6.07) is 7.11. The van der Waals surface area contributed by atoms with E-state index in [-0.39, 0.29) is 0 Å². The van der Waals surface area contributed by atoms with Crippen LogP contribution in [0.5, 0.6) is 0 Å². The van der Waals surface area contributed by atoms with Gasteiger partial charge in [0.2, 0.25) is 0 Å². The monoisotopic (exact) mass is 232 g/mol. The fraction of sp³-hybridized carbons (Fsp3) is 0.647. The van der Waals surface area contributed by atoms with Gasteiger partial charge in [0, 0.05) is 0 Å². The molecule has 0 saturated carbocycles. The topological polar surface area (TPSA) is 0 Å². The zero-order valence-corrected chi connectivity index (χ0v) is 12.2. The number of aryl methyl sites for hydroxylation is 3. The Bertz CT molecular complexity index is 304. The Kier molecular flexibility index (Phi) is 5.74. The van der Waals surface area contributed by atoms with Crippen LogP contribution in [0, 0.1) is 18.8 Å². The highest BCUT2D eigenvalue weighted by atomic mass is 14.1. The van der Waals surface area contributed by atoms with E-state index in [1.807, 2.05) is 0 Å². The zero-order chi connectivity index (χ0) is 12.8. The summed E-state index contributed by atoms with van der Waals surface area (Å²) >= 11 is 0.